The number of Topliss-reactive ketones (excluding diaryl/α,β-unsaturated/α-hetero) is 1. The van der Waals surface area contributed by atoms with Crippen LogP contribution in [0.1, 0.15) is 33.9 Å². The van der Waals surface area contributed by atoms with Crippen LogP contribution in [0.3, 0.4) is 0 Å². The fraction of sp³-hybridized carbons (Fsp3) is 0.278. The highest BCUT2D eigenvalue weighted by Crippen LogP contribution is 2.21. The molecule has 1 heterocycles. The summed E-state index contributed by atoms with van der Waals surface area (Å²) in [5, 5.41) is 2.66. The first kappa shape index (κ1) is 19.1. The van der Waals surface area contributed by atoms with Crippen LogP contribution in [-0.4, -0.2) is 30.3 Å². The van der Waals surface area contributed by atoms with Gasteiger partial charge in [0.25, 0.3) is 5.91 Å². The van der Waals surface area contributed by atoms with Crippen molar-refractivity contribution in [3.05, 3.63) is 57.2 Å². The molecule has 0 aliphatic carbocycles. The van der Waals surface area contributed by atoms with E-state index in [9.17, 15) is 14.4 Å². The lowest BCUT2D eigenvalue weighted by atomic mass is 10.0. The lowest BCUT2D eigenvalue weighted by Gasteiger charge is -2.20. The summed E-state index contributed by atoms with van der Waals surface area (Å²) >= 11 is 6.91. The number of ketones is 1. The third-order valence-electron chi connectivity index (χ3n) is 3.44. The lowest BCUT2D eigenvalue weighted by molar-refractivity contribution is -0.145. The maximum absolute atomic E-state index is 12.3. The van der Waals surface area contributed by atoms with E-state index in [0.717, 1.165) is 11.3 Å². The summed E-state index contributed by atoms with van der Waals surface area (Å²) in [7, 11) is 0. The van der Waals surface area contributed by atoms with Gasteiger partial charge in [-0.05, 0) is 30.2 Å². The fourth-order valence-electron chi connectivity index (χ4n) is 2.07. The molecular weight excluding hydrogens is 362 g/mol. The van der Waals surface area contributed by atoms with Gasteiger partial charge < -0.3 is 10.1 Å². The molecular formula is C18H18ClNO4S. The summed E-state index contributed by atoms with van der Waals surface area (Å²) in [4.78, 5) is 36.9. The second-order valence-corrected chi connectivity index (χ2v) is 7.41. The minimum atomic E-state index is -0.840. The standard InChI is InChI=1S/C18H18ClNO4S/c1-11(2)16(20-17(22)12-6-4-3-5-7-12)18(23)24-10-13(21)14-8-9-15(19)25-14/h3-9,11,16H,10H2,1-2H3,(H,20,22)/t16-/m1/s1. The van der Waals surface area contributed by atoms with E-state index < -0.39 is 12.0 Å². The molecule has 0 radical (unpaired) electrons. The van der Waals surface area contributed by atoms with Gasteiger partial charge >= 0.3 is 5.97 Å². The molecule has 7 heteroatoms. The lowest BCUT2D eigenvalue weighted by Crippen LogP contribution is -2.45. The Hall–Kier alpha value is -2.18. The Morgan fingerprint density at radius 3 is 2.36 bits per heavy atom. The van der Waals surface area contributed by atoms with Gasteiger partial charge in [0.2, 0.25) is 5.78 Å². The van der Waals surface area contributed by atoms with E-state index in [-0.39, 0.29) is 24.2 Å². The van der Waals surface area contributed by atoms with Gasteiger partial charge in [0.1, 0.15) is 6.04 Å². The minimum absolute atomic E-state index is 0.188. The molecule has 2 rings (SSSR count). The second-order valence-electron chi connectivity index (χ2n) is 5.70. The van der Waals surface area contributed by atoms with Gasteiger partial charge in [0, 0.05) is 5.56 Å². The maximum Gasteiger partial charge on any atom is 0.329 e. The number of hydrogen-bond acceptors (Lipinski definition) is 5. The van der Waals surface area contributed by atoms with Crippen LogP contribution in [0.15, 0.2) is 42.5 Å². The Bertz CT molecular complexity index is 757. The van der Waals surface area contributed by atoms with E-state index in [1.165, 1.54) is 0 Å². The van der Waals surface area contributed by atoms with Crippen molar-refractivity contribution in [3.8, 4) is 0 Å². The number of nitrogens with one attached hydrogen (secondary N) is 1. The average molecular weight is 380 g/mol. The largest absolute Gasteiger partial charge is 0.456 e. The number of halogens is 1. The Balaban J connectivity index is 1.96. The van der Waals surface area contributed by atoms with Crippen LogP contribution < -0.4 is 5.32 Å². The maximum atomic E-state index is 12.3. The fourth-order valence-corrected chi connectivity index (χ4v) is 3.04. The summed E-state index contributed by atoms with van der Waals surface area (Å²) in [6.07, 6.45) is 0. The normalized spacial score (nSPS) is 11.8. The van der Waals surface area contributed by atoms with Crippen LogP contribution in [0.5, 0.6) is 0 Å². The van der Waals surface area contributed by atoms with Crippen LogP contribution in [0, 0.1) is 5.92 Å². The monoisotopic (exact) mass is 379 g/mol. The van der Waals surface area contributed by atoms with E-state index in [1.807, 2.05) is 0 Å². The number of hydrogen-bond donors (Lipinski definition) is 1. The Morgan fingerprint density at radius 1 is 1.12 bits per heavy atom. The molecule has 2 aromatic rings. The van der Waals surface area contributed by atoms with Gasteiger partial charge in [-0.25, -0.2) is 4.79 Å². The molecule has 132 valence electrons. The van der Waals surface area contributed by atoms with Crippen LogP contribution in [0.2, 0.25) is 4.34 Å². The van der Waals surface area contributed by atoms with Crippen molar-refractivity contribution in [2.24, 2.45) is 5.92 Å². The van der Waals surface area contributed by atoms with Crippen molar-refractivity contribution < 1.29 is 19.1 Å². The van der Waals surface area contributed by atoms with Crippen LogP contribution in [0.4, 0.5) is 0 Å². The van der Waals surface area contributed by atoms with Crippen molar-refractivity contribution in [2.75, 3.05) is 6.61 Å². The zero-order valence-electron chi connectivity index (χ0n) is 13.8. The molecule has 1 aromatic heterocycles. The number of thiophene rings is 1. The third-order valence-corrected chi connectivity index (χ3v) is 4.71. The molecule has 25 heavy (non-hydrogen) atoms. The van der Waals surface area contributed by atoms with E-state index in [2.05, 4.69) is 5.32 Å². The highest BCUT2D eigenvalue weighted by atomic mass is 35.5. The number of carbonyl (C=O) groups is 3. The molecule has 0 aliphatic rings. The number of ether oxygens (including phenoxy) is 1. The molecule has 1 amide bonds. The van der Waals surface area contributed by atoms with Crippen LogP contribution in [0.25, 0.3) is 0 Å². The van der Waals surface area contributed by atoms with Crippen LogP contribution >= 0.6 is 22.9 Å². The molecule has 1 N–H and O–H groups in total. The van der Waals surface area contributed by atoms with E-state index in [4.69, 9.17) is 16.3 Å². The summed E-state index contributed by atoms with van der Waals surface area (Å²) in [5.74, 6) is -1.53. The van der Waals surface area contributed by atoms with E-state index in [1.54, 1.807) is 56.3 Å². The zero-order chi connectivity index (χ0) is 18.4. The predicted octanol–water partition coefficient (Wildman–Crippen LogP) is 3.58. The molecule has 0 saturated heterocycles. The average Bonchev–Trinajstić information content (AvgIpc) is 3.04. The smallest absolute Gasteiger partial charge is 0.329 e. The zero-order valence-corrected chi connectivity index (χ0v) is 15.4. The van der Waals surface area contributed by atoms with Gasteiger partial charge in [0.05, 0.1) is 9.21 Å². The minimum Gasteiger partial charge on any atom is -0.456 e. The summed E-state index contributed by atoms with van der Waals surface area (Å²) in [5.41, 5.74) is 0.449. The van der Waals surface area contributed by atoms with E-state index in [0.29, 0.717) is 14.8 Å². The quantitative estimate of drug-likeness (QED) is 0.589. The number of esters is 1. The molecule has 1 atom stereocenters. The SMILES string of the molecule is CC(C)[C@@H](NC(=O)c1ccccc1)C(=O)OCC(=O)c1ccc(Cl)s1. The number of benzene rings is 1. The highest BCUT2D eigenvalue weighted by molar-refractivity contribution is 7.18. The first-order valence-corrected chi connectivity index (χ1v) is 8.89. The first-order chi connectivity index (χ1) is 11.9. The summed E-state index contributed by atoms with van der Waals surface area (Å²) in [6, 6.07) is 10.9. The van der Waals surface area contributed by atoms with Crippen LogP contribution in [-0.2, 0) is 9.53 Å². The van der Waals surface area contributed by atoms with Gasteiger partial charge in [-0.3, -0.25) is 9.59 Å². The number of amides is 1. The molecule has 0 bridgehead atoms. The van der Waals surface area contributed by atoms with Crippen molar-refractivity contribution in [1.29, 1.82) is 0 Å². The van der Waals surface area contributed by atoms with Crippen molar-refractivity contribution in [3.63, 3.8) is 0 Å². The number of carbonyl (C=O) groups excluding carboxylic acids is 3. The topological polar surface area (TPSA) is 72.5 Å². The second kappa shape index (κ2) is 8.78. The molecule has 0 unspecified atom stereocenters. The first-order valence-electron chi connectivity index (χ1n) is 7.69. The van der Waals surface area contributed by atoms with Gasteiger partial charge in [-0.2, -0.15) is 0 Å². The summed E-state index contributed by atoms with van der Waals surface area (Å²) in [6.45, 7) is 3.19. The van der Waals surface area contributed by atoms with E-state index >= 15 is 0 Å². The van der Waals surface area contributed by atoms with Gasteiger partial charge in [-0.15, -0.1) is 11.3 Å². The third kappa shape index (κ3) is 5.41. The Labute approximate surface area is 154 Å². The molecule has 0 aliphatic heterocycles. The predicted molar refractivity (Wildman–Crippen MR) is 97.2 cm³/mol. The van der Waals surface area contributed by atoms with Crippen molar-refractivity contribution in [1.82, 2.24) is 5.32 Å². The highest BCUT2D eigenvalue weighted by Gasteiger charge is 2.27. The molecule has 0 saturated carbocycles. The van der Waals surface area contributed by atoms with Gasteiger partial charge in [0.15, 0.2) is 6.61 Å². The molecule has 1 aromatic carbocycles. The van der Waals surface area contributed by atoms with Crippen molar-refractivity contribution in [2.45, 2.75) is 19.9 Å². The Morgan fingerprint density at radius 2 is 1.80 bits per heavy atom. The molecule has 0 spiro atoms. The Kier molecular flexibility index (Phi) is 6.73. The van der Waals surface area contributed by atoms with Gasteiger partial charge in [-0.1, -0.05) is 43.6 Å². The molecule has 5 nitrogen and oxygen atoms in total. The summed E-state index contributed by atoms with van der Waals surface area (Å²) < 4.78 is 5.58. The number of rotatable bonds is 7. The van der Waals surface area contributed by atoms with Crippen molar-refractivity contribution >= 4 is 40.6 Å². The molecule has 0 fully saturated rings.